The molecule has 1 N–H and O–H groups in total. The van der Waals surface area contributed by atoms with Crippen molar-refractivity contribution in [1.82, 2.24) is 5.32 Å². The molecule has 20 heavy (non-hydrogen) atoms. The quantitative estimate of drug-likeness (QED) is 0.747. The fraction of sp³-hybridized carbons (Fsp3) is 1.00. The van der Waals surface area contributed by atoms with E-state index >= 15 is 0 Å². The number of nitrogens with one attached hydrogen (secondary N) is 1. The second-order valence-electron chi connectivity index (χ2n) is 7.96. The molecule has 1 spiro atoms. The van der Waals surface area contributed by atoms with Crippen molar-refractivity contribution in [1.29, 1.82) is 0 Å². The van der Waals surface area contributed by atoms with Gasteiger partial charge in [-0.15, -0.1) is 0 Å². The Hall–Kier alpha value is -0.0800. The van der Waals surface area contributed by atoms with Crippen LogP contribution in [0.1, 0.15) is 72.6 Å². The summed E-state index contributed by atoms with van der Waals surface area (Å²) in [6.07, 6.45) is 9.82. The van der Waals surface area contributed by atoms with Gasteiger partial charge in [0.25, 0.3) is 0 Å². The van der Waals surface area contributed by atoms with E-state index in [1.165, 1.54) is 44.9 Å². The average molecular weight is 281 g/mol. The summed E-state index contributed by atoms with van der Waals surface area (Å²) in [7, 11) is 0. The van der Waals surface area contributed by atoms with E-state index in [9.17, 15) is 0 Å². The first-order chi connectivity index (χ1) is 9.51. The molecule has 2 heteroatoms. The Morgan fingerprint density at radius 3 is 2.35 bits per heavy atom. The number of ether oxygens (including phenoxy) is 1. The highest BCUT2D eigenvalue weighted by molar-refractivity contribution is 4.93. The normalized spacial score (nSPS) is 27.0. The average Bonchev–Trinajstić information content (AvgIpc) is 2.99. The third-order valence-corrected chi connectivity index (χ3v) is 5.32. The first-order valence-electron chi connectivity index (χ1n) is 8.89. The molecule has 1 heterocycles. The van der Waals surface area contributed by atoms with Crippen LogP contribution in [0.15, 0.2) is 0 Å². The van der Waals surface area contributed by atoms with E-state index in [1.54, 1.807) is 0 Å². The highest BCUT2D eigenvalue weighted by Gasteiger charge is 2.42. The van der Waals surface area contributed by atoms with Crippen LogP contribution in [0.5, 0.6) is 0 Å². The van der Waals surface area contributed by atoms with E-state index in [1.807, 2.05) is 0 Å². The molecule has 2 fully saturated rings. The number of hydrogen-bond donors (Lipinski definition) is 1. The van der Waals surface area contributed by atoms with E-state index in [0.717, 1.165) is 30.8 Å². The highest BCUT2D eigenvalue weighted by Crippen LogP contribution is 2.44. The van der Waals surface area contributed by atoms with Crippen LogP contribution >= 0.6 is 0 Å². The van der Waals surface area contributed by atoms with Gasteiger partial charge in [0, 0.05) is 0 Å². The lowest BCUT2D eigenvalue weighted by atomic mass is 9.89. The zero-order chi connectivity index (χ0) is 14.6. The Labute approximate surface area is 126 Å². The number of hydrogen-bond acceptors (Lipinski definition) is 2. The molecule has 0 amide bonds. The molecule has 1 aliphatic heterocycles. The van der Waals surface area contributed by atoms with Gasteiger partial charge in [-0.2, -0.15) is 0 Å². The predicted octanol–water partition coefficient (Wildman–Crippen LogP) is 4.39. The van der Waals surface area contributed by atoms with Gasteiger partial charge in [0.15, 0.2) is 0 Å². The molecule has 0 bridgehead atoms. The van der Waals surface area contributed by atoms with Crippen molar-refractivity contribution in [2.75, 3.05) is 13.1 Å². The van der Waals surface area contributed by atoms with Crippen LogP contribution in [-0.4, -0.2) is 24.8 Å². The molecule has 0 radical (unpaired) electrons. The number of rotatable bonds is 7. The summed E-state index contributed by atoms with van der Waals surface area (Å²) in [5.41, 5.74) is 0.303. The molecule has 2 unspecified atom stereocenters. The van der Waals surface area contributed by atoms with Crippen molar-refractivity contribution in [3.05, 3.63) is 0 Å². The fourth-order valence-corrected chi connectivity index (χ4v) is 3.93. The van der Waals surface area contributed by atoms with Gasteiger partial charge in [-0.05, 0) is 62.9 Å². The molecule has 1 saturated carbocycles. The lowest BCUT2D eigenvalue weighted by molar-refractivity contribution is -0.0462. The van der Waals surface area contributed by atoms with Crippen molar-refractivity contribution >= 4 is 0 Å². The molecule has 1 saturated heterocycles. The lowest BCUT2D eigenvalue weighted by Crippen LogP contribution is -2.32. The Morgan fingerprint density at radius 2 is 1.75 bits per heavy atom. The topological polar surface area (TPSA) is 21.3 Å². The van der Waals surface area contributed by atoms with Gasteiger partial charge in [0.1, 0.15) is 0 Å². The summed E-state index contributed by atoms with van der Waals surface area (Å²) < 4.78 is 6.49. The van der Waals surface area contributed by atoms with Crippen LogP contribution in [-0.2, 0) is 4.74 Å². The summed E-state index contributed by atoms with van der Waals surface area (Å²) in [6, 6.07) is 0. The standard InChI is InChI=1S/C18H35NO/c1-14(2)12-19-13-16(15(3)4)11-17-7-10-18(20-17)8-5-6-9-18/h14-17,19H,5-13H2,1-4H3. The van der Waals surface area contributed by atoms with Gasteiger partial charge >= 0.3 is 0 Å². The van der Waals surface area contributed by atoms with Crippen LogP contribution in [0.25, 0.3) is 0 Å². The predicted molar refractivity (Wildman–Crippen MR) is 86.0 cm³/mol. The first kappa shape index (κ1) is 16.3. The zero-order valence-corrected chi connectivity index (χ0v) is 14.1. The second kappa shape index (κ2) is 7.26. The Bertz CT molecular complexity index is 281. The fourth-order valence-electron chi connectivity index (χ4n) is 3.93. The Morgan fingerprint density at radius 1 is 1.05 bits per heavy atom. The molecular formula is C18H35NO. The van der Waals surface area contributed by atoms with Gasteiger partial charge in [-0.25, -0.2) is 0 Å². The van der Waals surface area contributed by atoms with Crippen molar-refractivity contribution in [3.63, 3.8) is 0 Å². The SMILES string of the molecule is CC(C)CNCC(CC1CCC2(CCCC2)O1)C(C)C. The molecule has 2 rings (SSSR count). The largest absolute Gasteiger partial charge is 0.372 e. The summed E-state index contributed by atoms with van der Waals surface area (Å²) in [5.74, 6) is 2.25. The molecule has 2 atom stereocenters. The smallest absolute Gasteiger partial charge is 0.0687 e. The van der Waals surface area contributed by atoms with Gasteiger partial charge < -0.3 is 10.1 Å². The maximum Gasteiger partial charge on any atom is 0.0687 e. The van der Waals surface area contributed by atoms with Gasteiger partial charge in [-0.3, -0.25) is 0 Å². The van der Waals surface area contributed by atoms with Crippen LogP contribution in [0.2, 0.25) is 0 Å². The Kier molecular flexibility index (Phi) is 5.92. The highest BCUT2D eigenvalue weighted by atomic mass is 16.5. The van der Waals surface area contributed by atoms with Gasteiger partial charge in [0.2, 0.25) is 0 Å². The van der Waals surface area contributed by atoms with E-state index in [4.69, 9.17) is 4.74 Å². The van der Waals surface area contributed by atoms with E-state index in [2.05, 4.69) is 33.0 Å². The van der Waals surface area contributed by atoms with Crippen molar-refractivity contribution in [2.45, 2.75) is 84.3 Å². The van der Waals surface area contributed by atoms with Gasteiger partial charge in [0.05, 0.1) is 11.7 Å². The maximum absolute atomic E-state index is 6.49. The third kappa shape index (κ3) is 4.46. The van der Waals surface area contributed by atoms with Crippen LogP contribution < -0.4 is 5.32 Å². The van der Waals surface area contributed by atoms with Crippen molar-refractivity contribution in [3.8, 4) is 0 Å². The second-order valence-corrected chi connectivity index (χ2v) is 7.96. The van der Waals surface area contributed by atoms with E-state index < -0.39 is 0 Å². The maximum atomic E-state index is 6.49. The van der Waals surface area contributed by atoms with Crippen molar-refractivity contribution in [2.24, 2.45) is 17.8 Å². The lowest BCUT2D eigenvalue weighted by Gasteiger charge is -2.28. The molecule has 0 aromatic heterocycles. The van der Waals surface area contributed by atoms with Crippen molar-refractivity contribution < 1.29 is 4.74 Å². The van der Waals surface area contributed by atoms with Crippen LogP contribution in [0, 0.1) is 17.8 Å². The molecule has 118 valence electrons. The molecule has 0 aromatic carbocycles. The summed E-state index contributed by atoms with van der Waals surface area (Å²) in [4.78, 5) is 0. The molecule has 0 aromatic rings. The monoisotopic (exact) mass is 281 g/mol. The minimum absolute atomic E-state index is 0.303. The zero-order valence-electron chi connectivity index (χ0n) is 14.1. The van der Waals surface area contributed by atoms with E-state index in [-0.39, 0.29) is 0 Å². The summed E-state index contributed by atoms with van der Waals surface area (Å²) in [5, 5.41) is 3.65. The minimum Gasteiger partial charge on any atom is -0.372 e. The minimum atomic E-state index is 0.303. The van der Waals surface area contributed by atoms with Crippen LogP contribution in [0.4, 0.5) is 0 Å². The molecule has 2 nitrogen and oxygen atoms in total. The summed E-state index contributed by atoms with van der Waals surface area (Å²) >= 11 is 0. The third-order valence-electron chi connectivity index (χ3n) is 5.32. The van der Waals surface area contributed by atoms with Crippen LogP contribution in [0.3, 0.4) is 0 Å². The first-order valence-corrected chi connectivity index (χ1v) is 8.89. The van der Waals surface area contributed by atoms with E-state index in [0.29, 0.717) is 11.7 Å². The summed E-state index contributed by atoms with van der Waals surface area (Å²) in [6.45, 7) is 11.6. The molecule has 1 aliphatic carbocycles. The molecule has 2 aliphatic rings. The van der Waals surface area contributed by atoms with Gasteiger partial charge in [-0.1, -0.05) is 40.5 Å². The Balaban J connectivity index is 1.77. The molecular weight excluding hydrogens is 246 g/mol.